The van der Waals surface area contributed by atoms with E-state index in [1.54, 1.807) is 30.3 Å². The zero-order chi connectivity index (χ0) is 25.9. The molecule has 2 aliphatic rings. The van der Waals surface area contributed by atoms with Gasteiger partial charge in [0, 0.05) is 23.4 Å². The number of aromatic nitrogens is 1. The van der Waals surface area contributed by atoms with Crippen LogP contribution in [-0.4, -0.2) is 82.0 Å². The van der Waals surface area contributed by atoms with Gasteiger partial charge in [0.2, 0.25) is 5.91 Å². The van der Waals surface area contributed by atoms with Gasteiger partial charge >= 0.3 is 12.1 Å². The maximum absolute atomic E-state index is 12.8. The highest BCUT2D eigenvalue weighted by molar-refractivity contribution is 8.00. The molecular formula is C21H22N6O7S2. The SMILES string of the molecule is CON=C(C(=O)NC1C(=O)N2CC(COC(=O)Nc3ccccc3)(C(=O)O)CS[C@H]12)c1csc(N)n1. The summed E-state index contributed by atoms with van der Waals surface area (Å²) >= 11 is 2.29. The fraction of sp³-hybridized carbons (Fsp3) is 0.333. The fourth-order valence-electron chi connectivity index (χ4n) is 3.69. The number of hydrogen-bond acceptors (Lipinski definition) is 11. The highest BCUT2D eigenvalue weighted by Gasteiger charge is 2.58. The molecule has 1 aromatic carbocycles. The van der Waals surface area contributed by atoms with Crippen molar-refractivity contribution in [2.45, 2.75) is 11.4 Å². The van der Waals surface area contributed by atoms with Gasteiger partial charge in [0.1, 0.15) is 36.2 Å². The van der Waals surface area contributed by atoms with E-state index in [1.807, 2.05) is 0 Å². The molecule has 2 aliphatic heterocycles. The van der Waals surface area contributed by atoms with Gasteiger partial charge in [0.15, 0.2) is 10.8 Å². The molecule has 4 rings (SSSR count). The van der Waals surface area contributed by atoms with Crippen LogP contribution in [0.1, 0.15) is 5.69 Å². The minimum atomic E-state index is -1.50. The summed E-state index contributed by atoms with van der Waals surface area (Å²) in [6.45, 7) is -0.608. The fourth-order valence-corrected chi connectivity index (χ4v) is 5.76. The number of amides is 3. The molecule has 0 radical (unpaired) electrons. The number of ether oxygens (including phenoxy) is 1. The van der Waals surface area contributed by atoms with E-state index in [0.717, 1.165) is 11.3 Å². The first-order valence-electron chi connectivity index (χ1n) is 10.5. The Morgan fingerprint density at radius 1 is 1.33 bits per heavy atom. The van der Waals surface area contributed by atoms with Crippen LogP contribution in [0, 0.1) is 5.41 Å². The average Bonchev–Trinajstić information content (AvgIpc) is 3.30. The number of hydrogen-bond donors (Lipinski definition) is 4. The number of fused-ring (bicyclic) bond motifs is 1. The van der Waals surface area contributed by atoms with Crippen LogP contribution >= 0.6 is 23.1 Å². The standard InChI is InChI=1S/C21H22N6O7S2/c1-33-26-13(12-7-35-19(22)24-12)15(28)25-14-16(29)27-8-21(18(30)31,10-36-17(14)27)9-34-20(32)23-11-5-3-2-4-6-11/h2-7,14,17H,8-10H2,1H3,(H2,22,24)(H,23,32)(H,25,28)(H,30,31)/t14?,17-,21?/m1/s1. The monoisotopic (exact) mass is 534 g/mol. The summed E-state index contributed by atoms with van der Waals surface area (Å²) in [7, 11) is 1.27. The molecular weight excluding hydrogens is 512 g/mol. The lowest BCUT2D eigenvalue weighted by Gasteiger charge is -2.53. The summed E-state index contributed by atoms with van der Waals surface area (Å²) in [5.74, 6) is -2.29. The zero-order valence-corrected chi connectivity index (χ0v) is 20.5. The van der Waals surface area contributed by atoms with E-state index in [-0.39, 0.29) is 28.8 Å². The Labute approximate surface area is 213 Å². The van der Waals surface area contributed by atoms with Gasteiger partial charge in [-0.1, -0.05) is 23.4 Å². The number of carboxylic acid groups (broad SMARTS) is 1. The molecule has 2 aromatic rings. The molecule has 0 aliphatic carbocycles. The largest absolute Gasteiger partial charge is 0.481 e. The number of nitrogens with two attached hydrogens (primary N) is 1. The predicted molar refractivity (Wildman–Crippen MR) is 131 cm³/mol. The van der Waals surface area contributed by atoms with Crippen molar-refractivity contribution in [3.05, 3.63) is 41.4 Å². The van der Waals surface area contributed by atoms with E-state index >= 15 is 0 Å². The van der Waals surface area contributed by atoms with E-state index < -0.39 is 47.3 Å². The molecule has 15 heteroatoms. The molecule has 190 valence electrons. The van der Waals surface area contributed by atoms with Crippen molar-refractivity contribution < 1.29 is 33.9 Å². The number of oxime groups is 1. The van der Waals surface area contributed by atoms with Gasteiger partial charge in [-0.3, -0.25) is 19.7 Å². The first kappa shape index (κ1) is 25.2. The molecule has 0 spiro atoms. The van der Waals surface area contributed by atoms with Crippen LogP contribution in [0.3, 0.4) is 0 Å². The number of carbonyl (C=O) groups is 4. The third-order valence-electron chi connectivity index (χ3n) is 5.55. The number of nitrogens with zero attached hydrogens (tertiary/aromatic N) is 3. The Morgan fingerprint density at radius 2 is 2.08 bits per heavy atom. The second-order valence-corrected chi connectivity index (χ2v) is 9.96. The molecule has 3 heterocycles. The van der Waals surface area contributed by atoms with E-state index in [1.165, 1.54) is 29.2 Å². The second kappa shape index (κ2) is 10.4. The number of nitrogens with one attached hydrogen (secondary N) is 2. The van der Waals surface area contributed by atoms with Crippen LogP contribution in [0.2, 0.25) is 0 Å². The number of thioether (sulfide) groups is 1. The van der Waals surface area contributed by atoms with Crippen molar-refractivity contribution in [3.63, 3.8) is 0 Å². The van der Waals surface area contributed by atoms with Gasteiger partial charge < -0.3 is 30.6 Å². The van der Waals surface area contributed by atoms with Crippen molar-refractivity contribution in [2.75, 3.05) is 37.1 Å². The minimum Gasteiger partial charge on any atom is -0.481 e. The molecule has 2 saturated heterocycles. The maximum atomic E-state index is 12.8. The van der Waals surface area contributed by atoms with Crippen LogP contribution in [0.25, 0.3) is 0 Å². The lowest BCUT2D eigenvalue weighted by atomic mass is 9.88. The van der Waals surface area contributed by atoms with Crippen molar-refractivity contribution >= 4 is 63.5 Å². The molecule has 3 amide bonds. The summed E-state index contributed by atoms with van der Waals surface area (Å²) in [6.07, 6.45) is -0.804. The van der Waals surface area contributed by atoms with Gasteiger partial charge in [-0.05, 0) is 12.1 Å². The second-order valence-electron chi connectivity index (χ2n) is 7.96. The van der Waals surface area contributed by atoms with Gasteiger partial charge in [-0.25, -0.2) is 9.78 Å². The Morgan fingerprint density at radius 3 is 2.72 bits per heavy atom. The normalized spacial score (nSPS) is 23.2. The highest BCUT2D eigenvalue weighted by atomic mass is 32.2. The van der Waals surface area contributed by atoms with E-state index in [4.69, 9.17) is 15.3 Å². The van der Waals surface area contributed by atoms with E-state index in [0.29, 0.717) is 5.69 Å². The van der Waals surface area contributed by atoms with Crippen LogP contribution < -0.4 is 16.4 Å². The lowest BCUT2D eigenvalue weighted by Crippen LogP contribution is -2.74. The number of para-hydroxylation sites is 1. The number of carboxylic acids is 1. The summed E-state index contributed by atoms with van der Waals surface area (Å²) in [4.78, 5) is 60.0. The summed E-state index contributed by atoms with van der Waals surface area (Å²) in [5.41, 5.74) is 4.68. The topological polar surface area (TPSA) is 186 Å². The number of thiazole rings is 1. The molecule has 2 unspecified atom stereocenters. The number of anilines is 2. The molecule has 36 heavy (non-hydrogen) atoms. The van der Waals surface area contributed by atoms with Crippen molar-refractivity contribution in [1.29, 1.82) is 0 Å². The Balaban J connectivity index is 1.38. The predicted octanol–water partition coefficient (Wildman–Crippen LogP) is 0.795. The third-order valence-corrected chi connectivity index (χ3v) is 7.81. The molecule has 1 aromatic heterocycles. The molecule has 0 saturated carbocycles. The zero-order valence-electron chi connectivity index (χ0n) is 18.9. The van der Waals surface area contributed by atoms with Crippen LogP contribution in [0.4, 0.5) is 15.6 Å². The molecule has 2 fully saturated rings. The van der Waals surface area contributed by atoms with Crippen LogP contribution in [0.5, 0.6) is 0 Å². The molecule has 13 nitrogen and oxygen atoms in total. The number of benzene rings is 1. The third kappa shape index (κ3) is 5.06. The minimum absolute atomic E-state index is 0.0589. The van der Waals surface area contributed by atoms with Crippen molar-refractivity contribution in [1.82, 2.24) is 15.2 Å². The molecule has 0 bridgehead atoms. The van der Waals surface area contributed by atoms with Crippen LogP contribution in [-0.2, 0) is 24.0 Å². The first-order valence-corrected chi connectivity index (χ1v) is 12.4. The molecule has 5 N–H and O–H groups in total. The van der Waals surface area contributed by atoms with E-state index in [2.05, 4.69) is 20.8 Å². The highest BCUT2D eigenvalue weighted by Crippen LogP contribution is 2.42. The van der Waals surface area contributed by atoms with E-state index in [9.17, 15) is 24.3 Å². The molecule has 3 atom stereocenters. The smallest absolute Gasteiger partial charge is 0.411 e. The van der Waals surface area contributed by atoms with Gasteiger partial charge in [-0.2, -0.15) is 0 Å². The maximum Gasteiger partial charge on any atom is 0.411 e. The Hall–Kier alpha value is -3.85. The quantitative estimate of drug-likeness (QED) is 0.214. The number of nitrogen functional groups attached to an aromatic ring is 1. The van der Waals surface area contributed by atoms with Crippen molar-refractivity contribution in [2.24, 2.45) is 10.6 Å². The number of rotatable bonds is 8. The number of β-lactam (4-membered cyclic amide) rings is 1. The van der Waals surface area contributed by atoms with Gasteiger partial charge in [0.05, 0.1) is 0 Å². The van der Waals surface area contributed by atoms with Crippen LogP contribution in [0.15, 0.2) is 40.9 Å². The first-order chi connectivity index (χ1) is 17.2. The Bertz CT molecular complexity index is 1210. The van der Waals surface area contributed by atoms with Crippen molar-refractivity contribution in [3.8, 4) is 0 Å². The number of aliphatic carboxylic acids is 1. The summed E-state index contributed by atoms with van der Waals surface area (Å²) in [6, 6.07) is 7.67. The Kier molecular flexibility index (Phi) is 7.30. The van der Waals surface area contributed by atoms with Gasteiger partial charge in [0.25, 0.3) is 5.91 Å². The lowest BCUT2D eigenvalue weighted by molar-refractivity contribution is -0.160. The van der Waals surface area contributed by atoms with Gasteiger partial charge in [-0.15, -0.1) is 23.1 Å². The summed E-state index contributed by atoms with van der Waals surface area (Å²) < 4.78 is 5.20. The summed E-state index contributed by atoms with van der Waals surface area (Å²) in [5, 5.41) is 20.0. The number of carbonyl (C=O) groups excluding carboxylic acids is 3. The average molecular weight is 535 g/mol.